The molecule has 0 atom stereocenters. The molecule has 1 saturated heterocycles. The van der Waals surface area contributed by atoms with Crippen LogP contribution in [0.15, 0.2) is 56.8 Å². The van der Waals surface area contributed by atoms with Gasteiger partial charge >= 0.3 is 209 Å². The standard InChI is InChI=1S/C22H21N6S.C4H7.C2H2.H2O.Sb/c1-27-7-9-28(10-8-27)22-24-12-16(13-25-22)19-11-17(15-5-3-2-4-6-15)20-18(23)14-29-21(20)26-19;1-2-4-3-1;1-2;;/h2-6,11-13H,7-10,23H2,1H3;1H,2-4H2;1-2H;1H2;/p-1. The minimum absolute atomic E-state index is 0. The number of nitrogens with zero attached hydrogens (tertiary/aromatic N) is 5. The second kappa shape index (κ2) is 9.66. The van der Waals surface area contributed by atoms with Gasteiger partial charge < -0.3 is 10.4 Å². The zero-order valence-electron chi connectivity index (χ0n) is 20.9. The van der Waals surface area contributed by atoms with Gasteiger partial charge in [-0.25, -0.2) is 0 Å². The molecule has 3 aliphatic rings. The Morgan fingerprint density at radius 2 is 1.68 bits per heavy atom. The summed E-state index contributed by atoms with van der Waals surface area (Å²) in [6.45, 7) is 3.98. The van der Waals surface area contributed by atoms with Crippen LogP contribution in [0.4, 0.5) is 11.6 Å². The van der Waals surface area contributed by atoms with Gasteiger partial charge in [-0.1, -0.05) is 0 Å². The van der Waals surface area contributed by atoms with E-state index in [0.717, 1.165) is 68.7 Å². The Balaban J connectivity index is 0.00000252. The summed E-state index contributed by atoms with van der Waals surface area (Å²) < 4.78 is 7.46. The second-order valence-electron chi connectivity index (χ2n) is 10.2. The summed E-state index contributed by atoms with van der Waals surface area (Å²) in [5.74, 6) is 0.801. The van der Waals surface area contributed by atoms with Gasteiger partial charge in [0.1, 0.15) is 0 Å². The van der Waals surface area contributed by atoms with Crippen molar-refractivity contribution in [3.8, 4) is 22.4 Å². The van der Waals surface area contributed by atoms with Crippen molar-refractivity contribution in [3.63, 3.8) is 0 Å². The normalized spacial score (nSPS) is 19.0. The molecule has 0 unspecified atom stereocenters. The van der Waals surface area contributed by atoms with Gasteiger partial charge in [-0.2, -0.15) is 0 Å². The molecule has 7 nitrogen and oxygen atoms in total. The van der Waals surface area contributed by atoms with E-state index in [1.807, 2.05) is 23.7 Å². The number of likely N-dealkylation sites (N-methyl/N-ethyl adjacent to an activating group) is 1. The summed E-state index contributed by atoms with van der Waals surface area (Å²) in [5, 5.41) is 1.13. The van der Waals surface area contributed by atoms with Crippen LogP contribution in [0, 0.1) is 0 Å². The molecule has 191 valence electrons. The van der Waals surface area contributed by atoms with Gasteiger partial charge in [-0.05, 0) is 7.05 Å². The summed E-state index contributed by atoms with van der Waals surface area (Å²) in [6, 6.07) is 12.8. The third-order valence-corrected chi connectivity index (χ3v) is 22.1. The average Bonchev–Trinajstić information content (AvgIpc) is 3.59. The third-order valence-electron chi connectivity index (χ3n) is 7.99. The molecule has 7 rings (SSSR count). The second-order valence-corrected chi connectivity index (χ2v) is 21.9. The summed E-state index contributed by atoms with van der Waals surface area (Å²) >= 11 is -0.556. The molecule has 3 aromatic heterocycles. The quantitative estimate of drug-likeness (QED) is 0.329. The molecule has 2 fully saturated rings. The molecule has 1 aliphatic carbocycles. The summed E-state index contributed by atoms with van der Waals surface area (Å²) in [5.41, 5.74) is 12.1. The number of benzene rings is 1. The van der Waals surface area contributed by atoms with Gasteiger partial charge in [0.15, 0.2) is 0 Å². The topological polar surface area (TPSA) is 101 Å². The molecule has 5 heterocycles. The smallest absolute Gasteiger partial charge is 0.870 e. The fraction of sp³-hybridized carbons (Fsp3) is 0.321. The first kappa shape index (κ1) is 24.8. The van der Waals surface area contributed by atoms with Crippen LogP contribution < -0.4 is 13.5 Å². The van der Waals surface area contributed by atoms with Crippen LogP contribution in [-0.4, -0.2) is 77.4 Å². The fourth-order valence-electron chi connectivity index (χ4n) is 5.44. The number of anilines is 2. The van der Waals surface area contributed by atoms with E-state index >= 15 is 0 Å². The van der Waals surface area contributed by atoms with E-state index in [1.165, 1.54) is 27.6 Å². The van der Waals surface area contributed by atoms with Crippen molar-refractivity contribution in [2.75, 3.05) is 43.9 Å². The molecule has 1 radical (unpaired) electrons. The molecule has 37 heavy (non-hydrogen) atoms. The summed E-state index contributed by atoms with van der Waals surface area (Å²) in [6.07, 6.45) is 7.97. The van der Waals surface area contributed by atoms with Crippen molar-refractivity contribution in [1.29, 1.82) is 0 Å². The molecular formula is C28H31N6OSSb-. The molecule has 0 amide bonds. The van der Waals surface area contributed by atoms with E-state index in [9.17, 15) is 0 Å². The predicted molar refractivity (Wildman–Crippen MR) is 154 cm³/mol. The summed E-state index contributed by atoms with van der Waals surface area (Å²) in [7, 11) is 2.16. The van der Waals surface area contributed by atoms with E-state index in [-0.39, 0.29) is 5.48 Å². The minimum atomic E-state index is -2.41. The van der Waals surface area contributed by atoms with Crippen molar-refractivity contribution in [2.45, 2.75) is 23.1 Å². The van der Waals surface area contributed by atoms with Crippen LogP contribution in [0.2, 0.25) is 3.86 Å². The molecule has 4 aromatic rings. The molecule has 2 aliphatic heterocycles. The van der Waals surface area contributed by atoms with E-state index in [2.05, 4.69) is 61.3 Å². The molecule has 3 N–H and O–H groups in total. The van der Waals surface area contributed by atoms with Crippen LogP contribution in [-0.2, 0) is 0 Å². The number of thiophene rings is 1. The Morgan fingerprint density at radius 3 is 2.30 bits per heavy atom. The Morgan fingerprint density at radius 1 is 0.973 bits per heavy atom. The van der Waals surface area contributed by atoms with E-state index in [4.69, 9.17) is 20.7 Å². The first-order valence-corrected chi connectivity index (χ1v) is 19.3. The van der Waals surface area contributed by atoms with Gasteiger partial charge in [0, 0.05) is 0 Å². The Hall–Kier alpha value is -2.51. The minimum Gasteiger partial charge on any atom is -0.870 e. The van der Waals surface area contributed by atoms with Crippen molar-refractivity contribution in [2.24, 2.45) is 0 Å². The zero-order chi connectivity index (χ0) is 24.3. The number of fused-ring (bicyclic) bond motifs is 1. The first-order valence-electron chi connectivity index (χ1n) is 12.8. The predicted octanol–water partition coefficient (Wildman–Crippen LogP) is 4.44. The number of rotatable bonds is 5. The van der Waals surface area contributed by atoms with Gasteiger partial charge in [-0.3, -0.25) is 0 Å². The van der Waals surface area contributed by atoms with Crippen LogP contribution in [0.25, 0.3) is 32.6 Å². The van der Waals surface area contributed by atoms with E-state index < -0.39 is 18.8 Å². The number of hydrogen-bond donors (Lipinski definition) is 1. The number of aromatic nitrogens is 3. The maximum absolute atomic E-state index is 6.97. The Bertz CT molecular complexity index is 1450. The fourth-order valence-corrected chi connectivity index (χ4v) is 21.6. The van der Waals surface area contributed by atoms with Gasteiger partial charge in [0.2, 0.25) is 0 Å². The van der Waals surface area contributed by atoms with E-state index in [0.29, 0.717) is 0 Å². The number of nitrogens with two attached hydrogens (primary N) is 1. The monoisotopic (exact) mass is 620 g/mol. The third kappa shape index (κ3) is 4.24. The number of pyridine rings is 1. The maximum atomic E-state index is 6.97. The molecule has 9 heteroatoms. The number of hydrogen-bond acceptors (Lipinski definition) is 8. The van der Waals surface area contributed by atoms with Gasteiger partial charge in [-0.15, -0.1) is 0 Å². The van der Waals surface area contributed by atoms with E-state index in [1.54, 1.807) is 0 Å². The SMILES string of the molecule is CN1CCN(c2ncc(-c3cc(-c4ccccc4)c4c(N)[c]([Sb]5([CH]6CCC6)[CH]=[CH]5)sc4n3)cn2)CC1.[OH-]. The number of nitrogen functional groups attached to an aromatic ring is 1. The Labute approximate surface area is 225 Å². The molecule has 0 bridgehead atoms. The summed E-state index contributed by atoms with van der Waals surface area (Å²) in [4.78, 5) is 20.3. The number of piperazine rings is 1. The van der Waals surface area contributed by atoms with Crippen molar-refractivity contribution in [3.05, 3.63) is 56.8 Å². The van der Waals surface area contributed by atoms with Crippen LogP contribution in [0.3, 0.4) is 0 Å². The van der Waals surface area contributed by atoms with Gasteiger partial charge in [0.25, 0.3) is 0 Å². The van der Waals surface area contributed by atoms with Crippen LogP contribution in [0.5, 0.6) is 0 Å². The van der Waals surface area contributed by atoms with Crippen molar-refractivity contribution < 1.29 is 5.48 Å². The van der Waals surface area contributed by atoms with Gasteiger partial charge in [0.05, 0.1) is 0 Å². The average molecular weight is 621 g/mol. The van der Waals surface area contributed by atoms with Crippen LogP contribution >= 0.6 is 11.3 Å². The molecule has 1 saturated carbocycles. The first-order chi connectivity index (χ1) is 17.6. The van der Waals surface area contributed by atoms with Crippen LogP contribution in [0.1, 0.15) is 19.3 Å². The molecular weight excluding hydrogens is 590 g/mol. The molecule has 0 spiro atoms. The van der Waals surface area contributed by atoms with Crippen molar-refractivity contribution in [1.82, 2.24) is 19.9 Å². The van der Waals surface area contributed by atoms with Crippen molar-refractivity contribution >= 4 is 54.8 Å². The molecule has 1 aromatic carbocycles. The zero-order valence-corrected chi connectivity index (χ0v) is 24.3. The Kier molecular flexibility index (Phi) is 6.48.